The molecule has 2 rings (SSSR count). The van der Waals surface area contributed by atoms with Crippen LogP contribution in [0.1, 0.15) is 37.4 Å². The highest BCUT2D eigenvalue weighted by atomic mass is 35.5. The van der Waals surface area contributed by atoms with Gasteiger partial charge in [0.1, 0.15) is 11.5 Å². The van der Waals surface area contributed by atoms with Gasteiger partial charge in [-0.2, -0.15) is 0 Å². The summed E-state index contributed by atoms with van der Waals surface area (Å²) in [4.78, 5) is 12.5. The van der Waals surface area contributed by atoms with Crippen LogP contribution in [0.2, 0.25) is 5.02 Å². The standard InChI is InChI=1S/C20H24ClNO3/c1-5-18(15-9-10-19(24-4)13(2)11-15)22-20(23)14(3)25-17-8-6-7-16(21)12-17/h6-12,14,18H,5H2,1-4H3,(H,22,23)/t14-,18+/m1/s1. The Labute approximate surface area is 154 Å². The predicted octanol–water partition coefficient (Wildman–Crippen LogP) is 4.69. The number of carbonyl (C=O) groups is 1. The smallest absolute Gasteiger partial charge is 0.261 e. The number of ether oxygens (including phenoxy) is 2. The number of aryl methyl sites for hydroxylation is 1. The summed E-state index contributed by atoms with van der Waals surface area (Å²) in [7, 11) is 1.65. The van der Waals surface area contributed by atoms with Gasteiger partial charge in [-0.05, 0) is 55.7 Å². The molecule has 5 heteroatoms. The summed E-state index contributed by atoms with van der Waals surface area (Å²) in [5.41, 5.74) is 2.08. The monoisotopic (exact) mass is 361 g/mol. The maximum atomic E-state index is 12.5. The molecule has 25 heavy (non-hydrogen) atoms. The van der Waals surface area contributed by atoms with Gasteiger partial charge in [0.2, 0.25) is 0 Å². The topological polar surface area (TPSA) is 47.6 Å². The molecule has 0 saturated heterocycles. The summed E-state index contributed by atoms with van der Waals surface area (Å²) in [5.74, 6) is 1.24. The summed E-state index contributed by atoms with van der Waals surface area (Å²) in [6.07, 6.45) is 0.161. The molecule has 0 radical (unpaired) electrons. The van der Waals surface area contributed by atoms with Gasteiger partial charge in [-0.1, -0.05) is 36.7 Å². The highest BCUT2D eigenvalue weighted by molar-refractivity contribution is 6.30. The van der Waals surface area contributed by atoms with E-state index in [0.717, 1.165) is 23.3 Å². The molecule has 2 aromatic carbocycles. The van der Waals surface area contributed by atoms with Gasteiger partial charge in [0.15, 0.2) is 6.10 Å². The molecule has 0 bridgehead atoms. The lowest BCUT2D eigenvalue weighted by molar-refractivity contribution is -0.128. The van der Waals surface area contributed by atoms with Crippen LogP contribution in [0.4, 0.5) is 0 Å². The van der Waals surface area contributed by atoms with Crippen LogP contribution in [0.25, 0.3) is 0 Å². The zero-order valence-corrected chi connectivity index (χ0v) is 15.8. The highest BCUT2D eigenvalue weighted by Crippen LogP contribution is 2.24. The zero-order chi connectivity index (χ0) is 18.4. The Kier molecular flexibility index (Phi) is 6.71. The largest absolute Gasteiger partial charge is 0.496 e. The van der Waals surface area contributed by atoms with Crippen molar-refractivity contribution in [1.82, 2.24) is 5.32 Å². The van der Waals surface area contributed by atoms with E-state index in [0.29, 0.717) is 10.8 Å². The molecule has 1 N–H and O–H groups in total. The van der Waals surface area contributed by atoms with Crippen molar-refractivity contribution >= 4 is 17.5 Å². The van der Waals surface area contributed by atoms with Crippen molar-refractivity contribution < 1.29 is 14.3 Å². The fraction of sp³-hybridized carbons (Fsp3) is 0.350. The average Bonchev–Trinajstić information content (AvgIpc) is 2.59. The lowest BCUT2D eigenvalue weighted by Crippen LogP contribution is -2.38. The van der Waals surface area contributed by atoms with E-state index < -0.39 is 6.10 Å². The van der Waals surface area contributed by atoms with E-state index in [1.165, 1.54) is 0 Å². The lowest BCUT2D eigenvalue weighted by Gasteiger charge is -2.22. The van der Waals surface area contributed by atoms with Crippen LogP contribution in [-0.4, -0.2) is 19.1 Å². The molecular formula is C20H24ClNO3. The normalized spacial score (nSPS) is 13.0. The van der Waals surface area contributed by atoms with Crippen molar-refractivity contribution in [3.63, 3.8) is 0 Å². The molecule has 0 aliphatic heterocycles. The third-order valence-corrected chi connectivity index (χ3v) is 4.26. The minimum absolute atomic E-state index is 0.0810. The van der Waals surface area contributed by atoms with E-state index in [1.54, 1.807) is 38.3 Å². The van der Waals surface area contributed by atoms with E-state index in [-0.39, 0.29) is 11.9 Å². The first kappa shape index (κ1) is 19.1. The van der Waals surface area contributed by atoms with Crippen LogP contribution in [0.3, 0.4) is 0 Å². The van der Waals surface area contributed by atoms with Crippen LogP contribution in [0.15, 0.2) is 42.5 Å². The number of rotatable bonds is 7. The van der Waals surface area contributed by atoms with Crippen molar-refractivity contribution in [2.24, 2.45) is 0 Å². The Morgan fingerprint density at radius 3 is 2.60 bits per heavy atom. The number of nitrogens with one attached hydrogen (secondary N) is 1. The van der Waals surface area contributed by atoms with Crippen LogP contribution >= 0.6 is 11.6 Å². The van der Waals surface area contributed by atoms with E-state index in [4.69, 9.17) is 21.1 Å². The molecular weight excluding hydrogens is 338 g/mol. The third kappa shape index (κ3) is 5.13. The summed E-state index contributed by atoms with van der Waals surface area (Å²) in [5, 5.41) is 3.62. The van der Waals surface area contributed by atoms with Gasteiger partial charge in [0.05, 0.1) is 13.2 Å². The Bertz CT molecular complexity index is 733. The summed E-state index contributed by atoms with van der Waals surface area (Å²) in [6, 6.07) is 12.9. The average molecular weight is 362 g/mol. The van der Waals surface area contributed by atoms with Gasteiger partial charge in [-0.25, -0.2) is 0 Å². The molecule has 0 saturated carbocycles. The van der Waals surface area contributed by atoms with Crippen molar-refractivity contribution in [3.05, 3.63) is 58.6 Å². The van der Waals surface area contributed by atoms with Gasteiger partial charge in [0.25, 0.3) is 5.91 Å². The first-order valence-electron chi connectivity index (χ1n) is 8.31. The van der Waals surface area contributed by atoms with Crippen LogP contribution in [-0.2, 0) is 4.79 Å². The number of hydrogen-bond acceptors (Lipinski definition) is 3. The second kappa shape index (κ2) is 8.77. The lowest BCUT2D eigenvalue weighted by atomic mass is 10.0. The molecule has 4 nitrogen and oxygen atoms in total. The maximum absolute atomic E-state index is 12.5. The van der Waals surface area contributed by atoms with Gasteiger partial charge in [-0.15, -0.1) is 0 Å². The van der Waals surface area contributed by atoms with Gasteiger partial charge in [-0.3, -0.25) is 4.79 Å². The van der Waals surface area contributed by atoms with Gasteiger partial charge in [0, 0.05) is 5.02 Å². The zero-order valence-electron chi connectivity index (χ0n) is 15.0. The molecule has 0 aromatic heterocycles. The Morgan fingerprint density at radius 2 is 2.00 bits per heavy atom. The second-order valence-electron chi connectivity index (χ2n) is 5.92. The summed E-state index contributed by atoms with van der Waals surface area (Å²) < 4.78 is 11.0. The first-order chi connectivity index (χ1) is 11.9. The summed E-state index contributed by atoms with van der Waals surface area (Å²) in [6.45, 7) is 5.75. The summed E-state index contributed by atoms with van der Waals surface area (Å²) >= 11 is 5.94. The number of carbonyl (C=O) groups excluding carboxylic acids is 1. The molecule has 0 heterocycles. The first-order valence-corrected chi connectivity index (χ1v) is 8.69. The molecule has 2 aromatic rings. The number of benzene rings is 2. The molecule has 0 spiro atoms. The molecule has 0 unspecified atom stereocenters. The number of halogens is 1. The van der Waals surface area contributed by atoms with Crippen LogP contribution in [0, 0.1) is 6.92 Å². The Balaban J connectivity index is 2.04. The number of methoxy groups -OCH3 is 1. The minimum Gasteiger partial charge on any atom is -0.496 e. The van der Waals surface area contributed by atoms with Crippen molar-refractivity contribution in [1.29, 1.82) is 0 Å². The Morgan fingerprint density at radius 1 is 1.24 bits per heavy atom. The van der Waals surface area contributed by atoms with E-state index in [1.807, 2.05) is 32.0 Å². The quantitative estimate of drug-likeness (QED) is 0.778. The van der Waals surface area contributed by atoms with Crippen molar-refractivity contribution in [3.8, 4) is 11.5 Å². The van der Waals surface area contributed by atoms with Gasteiger partial charge >= 0.3 is 0 Å². The van der Waals surface area contributed by atoms with Gasteiger partial charge < -0.3 is 14.8 Å². The highest BCUT2D eigenvalue weighted by Gasteiger charge is 2.20. The number of amides is 1. The minimum atomic E-state index is -0.619. The molecule has 2 atom stereocenters. The predicted molar refractivity (Wildman–Crippen MR) is 100 cm³/mol. The molecule has 0 fully saturated rings. The van der Waals surface area contributed by atoms with E-state index in [9.17, 15) is 4.79 Å². The molecule has 1 amide bonds. The van der Waals surface area contributed by atoms with E-state index in [2.05, 4.69) is 5.32 Å². The fourth-order valence-corrected chi connectivity index (χ4v) is 2.81. The fourth-order valence-electron chi connectivity index (χ4n) is 2.63. The van der Waals surface area contributed by atoms with Crippen LogP contribution in [0.5, 0.6) is 11.5 Å². The third-order valence-electron chi connectivity index (χ3n) is 4.02. The van der Waals surface area contributed by atoms with E-state index >= 15 is 0 Å². The van der Waals surface area contributed by atoms with Crippen molar-refractivity contribution in [2.75, 3.05) is 7.11 Å². The SMILES string of the molecule is CC[C@H](NC(=O)[C@@H](C)Oc1cccc(Cl)c1)c1ccc(OC)c(C)c1. The second-order valence-corrected chi connectivity index (χ2v) is 6.35. The van der Waals surface area contributed by atoms with Crippen LogP contribution < -0.4 is 14.8 Å². The molecule has 134 valence electrons. The maximum Gasteiger partial charge on any atom is 0.261 e. The molecule has 0 aliphatic carbocycles. The molecule has 0 aliphatic rings. The van der Waals surface area contributed by atoms with Crippen molar-refractivity contribution in [2.45, 2.75) is 39.3 Å². The number of hydrogen-bond donors (Lipinski definition) is 1. The Hall–Kier alpha value is -2.20.